The van der Waals surface area contributed by atoms with Crippen LogP contribution in [0.4, 0.5) is 4.39 Å². The highest BCUT2D eigenvalue weighted by Crippen LogP contribution is 2.28. The van der Waals surface area contributed by atoms with Gasteiger partial charge in [-0.1, -0.05) is 30.3 Å². The Hall–Kier alpha value is -2.86. The third-order valence-corrected chi connectivity index (χ3v) is 4.65. The lowest BCUT2D eigenvalue weighted by Gasteiger charge is -2.17. The van der Waals surface area contributed by atoms with E-state index in [1.165, 1.54) is 24.5 Å². The molecule has 2 aromatic carbocycles. The number of aromatic nitrogens is 2. The van der Waals surface area contributed by atoms with E-state index in [1.807, 2.05) is 30.3 Å². The van der Waals surface area contributed by atoms with Crippen molar-refractivity contribution in [2.75, 3.05) is 13.1 Å². The zero-order valence-corrected chi connectivity index (χ0v) is 13.5. The highest BCUT2D eigenvalue weighted by Gasteiger charge is 2.35. The van der Waals surface area contributed by atoms with Gasteiger partial charge in [-0.05, 0) is 11.6 Å². The van der Waals surface area contributed by atoms with Crippen LogP contribution in [-0.2, 0) is 0 Å². The van der Waals surface area contributed by atoms with Gasteiger partial charge in [-0.3, -0.25) is 14.8 Å². The van der Waals surface area contributed by atoms with Gasteiger partial charge in [0.1, 0.15) is 11.3 Å². The maximum atomic E-state index is 13.9. The summed E-state index contributed by atoms with van der Waals surface area (Å²) in [5.41, 5.74) is 8.37. The normalized spacial score (nSPS) is 20.2. The van der Waals surface area contributed by atoms with E-state index >= 15 is 0 Å². The Kier molecular flexibility index (Phi) is 3.89. The number of carbonyl (C=O) groups excluding carboxylic acids is 1. The molecule has 1 aliphatic heterocycles. The van der Waals surface area contributed by atoms with Crippen LogP contribution in [0.15, 0.2) is 54.9 Å². The summed E-state index contributed by atoms with van der Waals surface area (Å²) in [6.45, 7) is 0.930. The number of rotatable bonds is 2. The number of fused-ring (bicyclic) bond motifs is 1. The predicted octanol–water partition coefficient (Wildman–Crippen LogP) is 2.34. The number of likely N-dealkylation sites (tertiary alicyclic amines) is 1. The Bertz CT molecular complexity index is 931. The summed E-state index contributed by atoms with van der Waals surface area (Å²) < 4.78 is 13.9. The van der Waals surface area contributed by atoms with Gasteiger partial charge in [0.2, 0.25) is 0 Å². The van der Waals surface area contributed by atoms with E-state index < -0.39 is 5.82 Å². The number of hydrogen-bond acceptors (Lipinski definition) is 4. The standard InChI is InChI=1S/C19H17FN4O/c20-13-8-14(18-17(9-13)22-6-7-23-18)19(25)24-10-15(16(21)11-24)12-4-2-1-3-5-12/h1-9,15-16H,10-11,21H2/t15-,16+/m0/s1. The van der Waals surface area contributed by atoms with Crippen LogP contribution >= 0.6 is 0 Å². The molecule has 0 radical (unpaired) electrons. The molecule has 126 valence electrons. The molecule has 2 atom stereocenters. The van der Waals surface area contributed by atoms with Gasteiger partial charge >= 0.3 is 0 Å². The van der Waals surface area contributed by atoms with E-state index in [2.05, 4.69) is 9.97 Å². The molecule has 4 rings (SSSR count). The molecule has 5 nitrogen and oxygen atoms in total. The second kappa shape index (κ2) is 6.22. The average Bonchev–Trinajstić information content (AvgIpc) is 3.03. The van der Waals surface area contributed by atoms with Gasteiger partial charge in [0, 0.05) is 43.5 Å². The first-order chi connectivity index (χ1) is 12.1. The minimum Gasteiger partial charge on any atom is -0.336 e. The Morgan fingerprint density at radius 3 is 2.68 bits per heavy atom. The van der Waals surface area contributed by atoms with Crippen molar-refractivity contribution in [3.8, 4) is 0 Å². The van der Waals surface area contributed by atoms with E-state index in [0.717, 1.165) is 5.56 Å². The summed E-state index contributed by atoms with van der Waals surface area (Å²) in [6, 6.07) is 12.2. The molecule has 2 heterocycles. The van der Waals surface area contributed by atoms with Gasteiger partial charge < -0.3 is 10.6 Å². The van der Waals surface area contributed by atoms with Crippen molar-refractivity contribution in [2.45, 2.75) is 12.0 Å². The van der Waals surface area contributed by atoms with E-state index in [9.17, 15) is 9.18 Å². The minimum absolute atomic E-state index is 0.0658. The van der Waals surface area contributed by atoms with Crippen molar-refractivity contribution >= 4 is 16.9 Å². The van der Waals surface area contributed by atoms with Crippen LogP contribution in [0.2, 0.25) is 0 Å². The van der Waals surface area contributed by atoms with Gasteiger partial charge in [0.05, 0.1) is 11.1 Å². The molecule has 1 amide bonds. The maximum Gasteiger partial charge on any atom is 0.256 e. The van der Waals surface area contributed by atoms with Gasteiger partial charge in [-0.2, -0.15) is 0 Å². The average molecular weight is 336 g/mol. The SMILES string of the molecule is N[C@@H]1CN(C(=O)c2cc(F)cc3nccnc23)C[C@H]1c1ccccc1. The van der Waals surface area contributed by atoms with Crippen molar-refractivity contribution in [1.29, 1.82) is 0 Å². The van der Waals surface area contributed by atoms with E-state index in [4.69, 9.17) is 5.73 Å². The summed E-state index contributed by atoms with van der Waals surface area (Å²) in [5.74, 6) is -0.700. The first kappa shape index (κ1) is 15.7. The summed E-state index contributed by atoms with van der Waals surface area (Å²) >= 11 is 0. The minimum atomic E-state index is -0.501. The van der Waals surface area contributed by atoms with Crippen molar-refractivity contribution in [1.82, 2.24) is 14.9 Å². The van der Waals surface area contributed by atoms with Crippen molar-refractivity contribution in [2.24, 2.45) is 5.73 Å². The van der Waals surface area contributed by atoms with Crippen molar-refractivity contribution in [3.05, 3.63) is 71.8 Å². The first-order valence-corrected chi connectivity index (χ1v) is 8.13. The van der Waals surface area contributed by atoms with Gasteiger partial charge in [-0.15, -0.1) is 0 Å². The molecule has 0 aliphatic carbocycles. The van der Waals surface area contributed by atoms with Crippen LogP contribution in [0.5, 0.6) is 0 Å². The first-order valence-electron chi connectivity index (χ1n) is 8.13. The van der Waals surface area contributed by atoms with Crippen LogP contribution in [-0.4, -0.2) is 39.9 Å². The van der Waals surface area contributed by atoms with Gasteiger partial charge in [0.15, 0.2) is 0 Å². The summed E-state index contributed by atoms with van der Waals surface area (Å²) in [6.07, 6.45) is 2.98. The molecule has 2 N–H and O–H groups in total. The molecule has 6 heteroatoms. The fraction of sp³-hybridized carbons (Fsp3) is 0.211. The fourth-order valence-corrected chi connectivity index (χ4v) is 3.42. The summed E-state index contributed by atoms with van der Waals surface area (Å²) in [4.78, 5) is 22.9. The van der Waals surface area contributed by atoms with Crippen LogP contribution in [0.3, 0.4) is 0 Å². The molecule has 3 aromatic rings. The molecule has 0 bridgehead atoms. The van der Waals surface area contributed by atoms with Gasteiger partial charge in [0.25, 0.3) is 5.91 Å². The quantitative estimate of drug-likeness (QED) is 0.780. The lowest BCUT2D eigenvalue weighted by molar-refractivity contribution is 0.0790. The Morgan fingerprint density at radius 1 is 1.12 bits per heavy atom. The summed E-state index contributed by atoms with van der Waals surface area (Å²) in [5, 5.41) is 0. The predicted molar refractivity (Wildman–Crippen MR) is 92.6 cm³/mol. The number of carbonyl (C=O) groups is 1. The molecule has 0 saturated carbocycles. The monoisotopic (exact) mass is 336 g/mol. The van der Waals surface area contributed by atoms with Crippen molar-refractivity contribution < 1.29 is 9.18 Å². The Morgan fingerprint density at radius 2 is 1.88 bits per heavy atom. The highest BCUT2D eigenvalue weighted by molar-refractivity contribution is 6.04. The zero-order chi connectivity index (χ0) is 17.4. The molecular weight excluding hydrogens is 319 g/mol. The Balaban J connectivity index is 1.66. The maximum absolute atomic E-state index is 13.9. The number of halogens is 1. The molecule has 1 fully saturated rings. The van der Waals surface area contributed by atoms with Crippen LogP contribution in [0, 0.1) is 5.82 Å². The fourth-order valence-electron chi connectivity index (χ4n) is 3.42. The molecule has 25 heavy (non-hydrogen) atoms. The topological polar surface area (TPSA) is 72.1 Å². The van der Waals surface area contributed by atoms with Crippen LogP contribution < -0.4 is 5.73 Å². The molecule has 0 unspecified atom stereocenters. The highest BCUT2D eigenvalue weighted by atomic mass is 19.1. The summed E-state index contributed by atoms with van der Waals surface area (Å²) in [7, 11) is 0. The largest absolute Gasteiger partial charge is 0.336 e. The second-order valence-corrected chi connectivity index (χ2v) is 6.27. The lowest BCUT2D eigenvalue weighted by Crippen LogP contribution is -2.32. The van der Waals surface area contributed by atoms with Crippen LogP contribution in [0.1, 0.15) is 21.8 Å². The number of benzene rings is 2. The van der Waals surface area contributed by atoms with E-state index in [-0.39, 0.29) is 23.4 Å². The molecule has 0 spiro atoms. The molecular formula is C19H17FN4O. The molecule has 1 aromatic heterocycles. The number of nitrogens with zero attached hydrogens (tertiary/aromatic N) is 3. The van der Waals surface area contributed by atoms with Gasteiger partial charge in [-0.25, -0.2) is 4.39 Å². The third kappa shape index (κ3) is 2.85. The zero-order valence-electron chi connectivity index (χ0n) is 13.5. The molecule has 1 saturated heterocycles. The smallest absolute Gasteiger partial charge is 0.256 e. The number of nitrogens with two attached hydrogens (primary N) is 1. The van der Waals surface area contributed by atoms with E-state index in [1.54, 1.807) is 4.90 Å². The Labute approximate surface area is 144 Å². The van der Waals surface area contributed by atoms with Crippen LogP contribution in [0.25, 0.3) is 11.0 Å². The second-order valence-electron chi connectivity index (χ2n) is 6.27. The lowest BCUT2D eigenvalue weighted by atomic mass is 9.95. The number of amides is 1. The van der Waals surface area contributed by atoms with E-state index in [0.29, 0.717) is 24.1 Å². The number of hydrogen-bond donors (Lipinski definition) is 1. The van der Waals surface area contributed by atoms with Crippen molar-refractivity contribution in [3.63, 3.8) is 0 Å². The third-order valence-electron chi connectivity index (χ3n) is 4.65. The molecule has 1 aliphatic rings.